The van der Waals surface area contributed by atoms with E-state index in [1.165, 1.54) is 4.90 Å². The molecule has 0 bridgehead atoms. The highest BCUT2D eigenvalue weighted by Crippen LogP contribution is 2.09. The fourth-order valence-electron chi connectivity index (χ4n) is 1.43. The molecule has 1 rings (SSSR count). The molecule has 5 heteroatoms. The zero-order valence-electron chi connectivity index (χ0n) is 8.50. The number of halogens is 1. The molecule has 1 fully saturated rings. The van der Waals surface area contributed by atoms with Crippen LogP contribution >= 0.6 is 0 Å². The van der Waals surface area contributed by atoms with Gasteiger partial charge in [-0.15, -0.1) is 0 Å². The van der Waals surface area contributed by atoms with E-state index in [1.807, 2.05) is 0 Å². The Morgan fingerprint density at radius 2 is 1.87 bits per heavy atom. The number of piperidine rings is 1. The summed E-state index contributed by atoms with van der Waals surface area (Å²) in [5.74, 6) is -2.46. The van der Waals surface area contributed by atoms with Gasteiger partial charge in [-0.25, -0.2) is 9.18 Å². The molecule has 0 spiro atoms. The Labute approximate surface area is 87.7 Å². The first-order valence-electron chi connectivity index (χ1n) is 4.90. The van der Waals surface area contributed by atoms with Crippen molar-refractivity contribution < 1.29 is 18.7 Å². The van der Waals surface area contributed by atoms with Crippen molar-refractivity contribution in [2.75, 3.05) is 19.7 Å². The van der Waals surface area contributed by atoms with Crippen LogP contribution in [0.3, 0.4) is 0 Å². The van der Waals surface area contributed by atoms with E-state index >= 15 is 0 Å². The van der Waals surface area contributed by atoms with Gasteiger partial charge in [0.2, 0.25) is 0 Å². The number of hydrogen-bond donors (Lipinski definition) is 0. The van der Waals surface area contributed by atoms with Crippen LogP contribution in [0.15, 0.2) is 12.4 Å². The summed E-state index contributed by atoms with van der Waals surface area (Å²) in [6.07, 6.45) is 2.86. The van der Waals surface area contributed by atoms with Crippen LogP contribution in [0.4, 0.5) is 4.39 Å². The maximum Gasteiger partial charge on any atom is 0.397 e. The molecule has 0 aromatic heterocycles. The molecule has 0 aromatic rings. The maximum atomic E-state index is 12.2. The molecular formula is C10H14FNO3. The first-order chi connectivity index (χ1) is 7.11. The quantitative estimate of drug-likeness (QED) is 0.510. The zero-order valence-corrected chi connectivity index (χ0v) is 8.50. The first kappa shape index (κ1) is 11.7. The molecule has 84 valence electrons. The van der Waals surface area contributed by atoms with E-state index in [9.17, 15) is 14.0 Å². The predicted octanol–water partition coefficient (Wildman–Crippen LogP) is 1.03. The molecule has 4 nitrogen and oxygen atoms in total. The molecule has 1 amide bonds. The summed E-state index contributed by atoms with van der Waals surface area (Å²) in [5.41, 5.74) is 0. The van der Waals surface area contributed by atoms with Crippen molar-refractivity contribution in [2.45, 2.75) is 19.3 Å². The number of nitrogens with zero attached hydrogens (tertiary/aromatic N) is 1. The number of likely N-dealkylation sites (tertiary alicyclic amines) is 1. The smallest absolute Gasteiger partial charge is 0.397 e. The molecule has 1 aliphatic heterocycles. The summed E-state index contributed by atoms with van der Waals surface area (Å²) in [6, 6.07) is 0. The summed E-state index contributed by atoms with van der Waals surface area (Å²) in [4.78, 5) is 24.0. The van der Waals surface area contributed by atoms with Crippen LogP contribution in [0.2, 0.25) is 0 Å². The van der Waals surface area contributed by atoms with Gasteiger partial charge in [-0.1, -0.05) is 6.58 Å². The fraction of sp³-hybridized carbons (Fsp3) is 0.600. The Morgan fingerprint density at radius 1 is 1.27 bits per heavy atom. The second-order valence-corrected chi connectivity index (χ2v) is 3.45. The van der Waals surface area contributed by atoms with Crippen molar-refractivity contribution in [1.29, 1.82) is 0 Å². The highest BCUT2D eigenvalue weighted by Gasteiger charge is 2.24. The van der Waals surface area contributed by atoms with Crippen LogP contribution in [0.25, 0.3) is 0 Å². The van der Waals surface area contributed by atoms with Gasteiger partial charge in [0.05, 0.1) is 0 Å². The number of carbonyl (C=O) groups is 2. The number of esters is 1. The van der Waals surface area contributed by atoms with Crippen molar-refractivity contribution in [3.05, 3.63) is 12.4 Å². The number of hydrogen-bond acceptors (Lipinski definition) is 3. The fourth-order valence-corrected chi connectivity index (χ4v) is 1.43. The van der Waals surface area contributed by atoms with E-state index in [0.717, 1.165) is 19.3 Å². The topological polar surface area (TPSA) is 46.6 Å². The van der Waals surface area contributed by atoms with Crippen LogP contribution in [0, 0.1) is 0 Å². The van der Waals surface area contributed by atoms with Crippen LogP contribution in [-0.4, -0.2) is 36.5 Å². The summed E-state index contributed by atoms with van der Waals surface area (Å²) < 4.78 is 16.6. The standard InChI is InChI=1S/C10H14FNO3/c1-8(11)7-15-10(14)9(13)12-5-3-2-4-6-12/h1-7H2. The maximum absolute atomic E-state index is 12.2. The molecule has 0 radical (unpaired) electrons. The third-order valence-corrected chi connectivity index (χ3v) is 2.18. The van der Waals surface area contributed by atoms with Crippen molar-refractivity contribution >= 4 is 11.9 Å². The lowest BCUT2D eigenvalue weighted by molar-refractivity contribution is -0.160. The minimum absolute atomic E-state index is 0.543. The molecule has 1 aliphatic rings. The second-order valence-electron chi connectivity index (χ2n) is 3.45. The van der Waals surface area contributed by atoms with Crippen molar-refractivity contribution in [3.8, 4) is 0 Å². The summed E-state index contributed by atoms with van der Waals surface area (Å²) in [7, 11) is 0. The summed E-state index contributed by atoms with van der Waals surface area (Å²) in [6.45, 7) is 3.53. The van der Waals surface area contributed by atoms with Gasteiger partial charge >= 0.3 is 11.9 Å². The SMILES string of the molecule is C=C(F)COC(=O)C(=O)N1CCCCC1. The Hall–Kier alpha value is -1.39. The summed E-state index contributed by atoms with van der Waals surface area (Å²) in [5, 5.41) is 0. The van der Waals surface area contributed by atoms with Crippen molar-refractivity contribution in [1.82, 2.24) is 4.90 Å². The molecule has 1 saturated heterocycles. The van der Waals surface area contributed by atoms with Gasteiger partial charge in [0.1, 0.15) is 12.4 Å². The minimum Gasteiger partial charge on any atom is -0.451 e. The number of ether oxygens (including phenoxy) is 1. The lowest BCUT2D eigenvalue weighted by Crippen LogP contribution is -2.40. The van der Waals surface area contributed by atoms with Gasteiger partial charge in [-0.05, 0) is 19.3 Å². The molecule has 0 unspecified atom stereocenters. The van der Waals surface area contributed by atoms with Gasteiger partial charge in [-0.3, -0.25) is 4.79 Å². The normalized spacial score (nSPS) is 15.9. The van der Waals surface area contributed by atoms with Gasteiger partial charge < -0.3 is 9.64 Å². The van der Waals surface area contributed by atoms with Gasteiger partial charge in [0.25, 0.3) is 0 Å². The van der Waals surface area contributed by atoms with Crippen molar-refractivity contribution in [2.24, 2.45) is 0 Å². The lowest BCUT2D eigenvalue weighted by atomic mass is 10.1. The van der Waals surface area contributed by atoms with E-state index < -0.39 is 24.3 Å². The average molecular weight is 215 g/mol. The van der Waals surface area contributed by atoms with E-state index in [-0.39, 0.29) is 0 Å². The van der Waals surface area contributed by atoms with E-state index in [4.69, 9.17) is 0 Å². The minimum atomic E-state index is -1.00. The second kappa shape index (κ2) is 5.48. The Bertz CT molecular complexity index is 272. The summed E-state index contributed by atoms with van der Waals surface area (Å²) >= 11 is 0. The number of carbonyl (C=O) groups excluding carboxylic acids is 2. The Kier molecular flexibility index (Phi) is 4.27. The third-order valence-electron chi connectivity index (χ3n) is 2.18. The molecule has 0 saturated carbocycles. The molecule has 0 aromatic carbocycles. The molecule has 0 aliphatic carbocycles. The lowest BCUT2D eigenvalue weighted by Gasteiger charge is -2.25. The van der Waals surface area contributed by atoms with Gasteiger partial charge in [0.15, 0.2) is 0 Å². The van der Waals surface area contributed by atoms with E-state index in [0.29, 0.717) is 13.1 Å². The first-order valence-corrected chi connectivity index (χ1v) is 4.90. The van der Waals surface area contributed by atoms with Gasteiger partial charge in [0, 0.05) is 13.1 Å². The molecule has 1 heterocycles. The molecule has 0 N–H and O–H groups in total. The highest BCUT2D eigenvalue weighted by atomic mass is 19.1. The third kappa shape index (κ3) is 3.69. The van der Waals surface area contributed by atoms with Crippen LogP contribution in [0.5, 0.6) is 0 Å². The Balaban J connectivity index is 2.37. The average Bonchev–Trinajstić information content (AvgIpc) is 2.26. The molecule has 15 heavy (non-hydrogen) atoms. The van der Waals surface area contributed by atoms with Crippen LogP contribution in [0.1, 0.15) is 19.3 Å². The molecule has 0 atom stereocenters. The largest absolute Gasteiger partial charge is 0.451 e. The van der Waals surface area contributed by atoms with E-state index in [2.05, 4.69) is 11.3 Å². The highest BCUT2D eigenvalue weighted by molar-refractivity contribution is 6.32. The van der Waals surface area contributed by atoms with Crippen LogP contribution < -0.4 is 0 Å². The van der Waals surface area contributed by atoms with Crippen LogP contribution in [-0.2, 0) is 14.3 Å². The molecular weight excluding hydrogens is 201 g/mol. The van der Waals surface area contributed by atoms with Crippen molar-refractivity contribution in [3.63, 3.8) is 0 Å². The van der Waals surface area contributed by atoms with Gasteiger partial charge in [-0.2, -0.15) is 0 Å². The zero-order chi connectivity index (χ0) is 11.3. The van der Waals surface area contributed by atoms with E-state index in [1.54, 1.807) is 0 Å². The predicted molar refractivity (Wildman–Crippen MR) is 51.6 cm³/mol. The monoisotopic (exact) mass is 215 g/mol. The Morgan fingerprint density at radius 3 is 2.40 bits per heavy atom. The number of amides is 1. The number of rotatable bonds is 2.